The van der Waals surface area contributed by atoms with Gasteiger partial charge in [-0.2, -0.15) is 11.8 Å². The maximum Gasteiger partial charge on any atom is 0.181 e. The van der Waals surface area contributed by atoms with Crippen LogP contribution in [-0.4, -0.2) is 22.9 Å². The first kappa shape index (κ1) is 14.4. The SMILES string of the molecule is CSC1(c2ncc(B3CC(C)(C)C(C)(C)C3)cn2)CC1. The molecule has 1 saturated heterocycles. The molecule has 1 aromatic heterocycles. The van der Waals surface area contributed by atoms with E-state index < -0.39 is 0 Å². The summed E-state index contributed by atoms with van der Waals surface area (Å²) >= 11 is 1.90. The monoisotopic (exact) mass is 288 g/mol. The van der Waals surface area contributed by atoms with Gasteiger partial charge in [-0.3, -0.25) is 0 Å². The molecule has 0 bridgehead atoms. The Morgan fingerprint density at radius 1 is 1.00 bits per heavy atom. The minimum atomic E-state index is 0.243. The molecule has 2 fully saturated rings. The number of aromatic nitrogens is 2. The molecule has 108 valence electrons. The molecule has 0 atom stereocenters. The first-order valence-corrected chi connectivity index (χ1v) is 8.90. The van der Waals surface area contributed by atoms with E-state index >= 15 is 0 Å². The summed E-state index contributed by atoms with van der Waals surface area (Å²) < 4.78 is 0.243. The van der Waals surface area contributed by atoms with Gasteiger partial charge in [-0.25, -0.2) is 9.97 Å². The molecule has 1 saturated carbocycles. The Morgan fingerprint density at radius 3 is 1.90 bits per heavy atom. The van der Waals surface area contributed by atoms with Gasteiger partial charge in [0.05, 0.1) is 4.75 Å². The van der Waals surface area contributed by atoms with Gasteiger partial charge in [0.15, 0.2) is 6.71 Å². The van der Waals surface area contributed by atoms with Crippen LogP contribution in [-0.2, 0) is 4.75 Å². The van der Waals surface area contributed by atoms with Crippen molar-refractivity contribution < 1.29 is 0 Å². The Labute approximate surface area is 127 Å². The van der Waals surface area contributed by atoms with Crippen molar-refractivity contribution in [1.82, 2.24) is 9.97 Å². The fraction of sp³-hybridized carbons (Fsp3) is 0.750. The maximum absolute atomic E-state index is 4.69. The number of hydrogen-bond acceptors (Lipinski definition) is 3. The molecular formula is C16H25BN2S. The van der Waals surface area contributed by atoms with Crippen LogP contribution < -0.4 is 5.46 Å². The van der Waals surface area contributed by atoms with Crippen LogP contribution in [0.1, 0.15) is 46.4 Å². The molecule has 0 radical (unpaired) electrons. The molecule has 4 heteroatoms. The first-order chi connectivity index (χ1) is 9.30. The van der Waals surface area contributed by atoms with E-state index in [1.54, 1.807) is 0 Å². The van der Waals surface area contributed by atoms with Gasteiger partial charge in [0.25, 0.3) is 0 Å². The van der Waals surface area contributed by atoms with Crippen molar-refractivity contribution in [3.05, 3.63) is 18.2 Å². The molecule has 2 nitrogen and oxygen atoms in total. The zero-order chi connectivity index (χ0) is 14.6. The van der Waals surface area contributed by atoms with Crippen LogP contribution in [0.5, 0.6) is 0 Å². The predicted molar refractivity (Wildman–Crippen MR) is 89.0 cm³/mol. The normalized spacial score (nSPS) is 25.8. The number of rotatable bonds is 3. The average Bonchev–Trinajstić information content (AvgIpc) is 3.14. The Bertz CT molecular complexity index is 490. The standard InChI is InChI=1S/C16H25BN2S/c1-14(2)10-17(11-15(14,3)4)12-8-18-13(19-9-12)16(20-5)6-7-16/h8-9H,6-7,10-11H2,1-5H3. The highest BCUT2D eigenvalue weighted by Gasteiger charge is 2.49. The molecule has 0 spiro atoms. The molecule has 3 rings (SSSR count). The van der Waals surface area contributed by atoms with E-state index in [0.717, 1.165) is 5.82 Å². The van der Waals surface area contributed by atoms with Gasteiger partial charge in [-0.15, -0.1) is 0 Å². The van der Waals surface area contributed by atoms with Crippen LogP contribution in [0.3, 0.4) is 0 Å². The van der Waals surface area contributed by atoms with Crippen molar-refractivity contribution in [1.29, 1.82) is 0 Å². The Hall–Kier alpha value is -0.505. The van der Waals surface area contributed by atoms with E-state index in [-0.39, 0.29) is 4.75 Å². The van der Waals surface area contributed by atoms with Crippen molar-refractivity contribution in [2.24, 2.45) is 10.8 Å². The minimum Gasteiger partial charge on any atom is -0.240 e. The lowest BCUT2D eigenvalue weighted by Gasteiger charge is -2.35. The fourth-order valence-electron chi connectivity index (χ4n) is 3.51. The summed E-state index contributed by atoms with van der Waals surface area (Å²) in [4.78, 5) is 9.38. The van der Waals surface area contributed by atoms with E-state index in [2.05, 4.69) is 46.3 Å². The highest BCUT2D eigenvalue weighted by atomic mass is 32.2. The fourth-order valence-corrected chi connectivity index (χ4v) is 4.31. The molecule has 1 aliphatic heterocycles. The average molecular weight is 288 g/mol. The van der Waals surface area contributed by atoms with Gasteiger partial charge in [-0.05, 0) is 35.4 Å². The summed E-state index contributed by atoms with van der Waals surface area (Å²) in [7, 11) is 0. The lowest BCUT2D eigenvalue weighted by molar-refractivity contribution is 0.177. The topological polar surface area (TPSA) is 25.8 Å². The largest absolute Gasteiger partial charge is 0.240 e. The van der Waals surface area contributed by atoms with Gasteiger partial charge in [-0.1, -0.05) is 40.3 Å². The highest BCUT2D eigenvalue weighted by molar-refractivity contribution is 7.99. The molecule has 0 unspecified atom stereocenters. The number of thioether (sulfide) groups is 1. The van der Waals surface area contributed by atoms with E-state index in [9.17, 15) is 0 Å². The van der Waals surface area contributed by atoms with Crippen molar-refractivity contribution >= 4 is 23.9 Å². The van der Waals surface area contributed by atoms with Gasteiger partial charge < -0.3 is 0 Å². The molecule has 1 aliphatic carbocycles. The minimum absolute atomic E-state index is 0.243. The predicted octanol–water partition coefficient (Wildman–Crippen LogP) is 3.60. The molecule has 0 amide bonds. The van der Waals surface area contributed by atoms with Crippen molar-refractivity contribution in [2.45, 2.75) is 57.9 Å². The molecule has 0 N–H and O–H groups in total. The van der Waals surface area contributed by atoms with Crippen LogP contribution >= 0.6 is 11.8 Å². The van der Waals surface area contributed by atoms with Crippen LogP contribution in [0.4, 0.5) is 0 Å². The quantitative estimate of drug-likeness (QED) is 0.795. The summed E-state index contributed by atoms with van der Waals surface area (Å²) in [6.07, 6.45) is 11.3. The van der Waals surface area contributed by atoms with Crippen LogP contribution in [0, 0.1) is 10.8 Å². The summed E-state index contributed by atoms with van der Waals surface area (Å²) in [5.41, 5.74) is 2.13. The Balaban J connectivity index is 1.80. The summed E-state index contributed by atoms with van der Waals surface area (Å²) in [6, 6.07) is 0. The van der Waals surface area contributed by atoms with Gasteiger partial charge in [0.1, 0.15) is 5.82 Å². The Morgan fingerprint density at radius 2 is 1.50 bits per heavy atom. The van der Waals surface area contributed by atoms with Gasteiger partial charge in [0.2, 0.25) is 0 Å². The third kappa shape index (κ3) is 2.20. The zero-order valence-corrected chi connectivity index (χ0v) is 14.2. The second-order valence-corrected chi connectivity index (χ2v) is 9.10. The summed E-state index contributed by atoms with van der Waals surface area (Å²) in [6.45, 7) is 10.2. The Kier molecular flexibility index (Phi) is 3.24. The molecule has 2 heterocycles. The van der Waals surface area contributed by atoms with E-state index in [1.165, 1.54) is 30.9 Å². The molecule has 20 heavy (non-hydrogen) atoms. The van der Waals surface area contributed by atoms with Crippen molar-refractivity contribution in [2.75, 3.05) is 6.26 Å². The molecule has 2 aliphatic rings. The number of hydrogen-bond donors (Lipinski definition) is 0. The van der Waals surface area contributed by atoms with Gasteiger partial charge >= 0.3 is 0 Å². The third-order valence-electron chi connectivity index (χ3n) is 5.99. The van der Waals surface area contributed by atoms with Crippen LogP contribution in [0.25, 0.3) is 0 Å². The second kappa shape index (κ2) is 4.49. The van der Waals surface area contributed by atoms with Crippen LogP contribution in [0.15, 0.2) is 12.4 Å². The third-order valence-corrected chi connectivity index (χ3v) is 7.36. The van der Waals surface area contributed by atoms with E-state index in [0.29, 0.717) is 17.5 Å². The van der Waals surface area contributed by atoms with E-state index in [4.69, 9.17) is 9.97 Å². The van der Waals surface area contributed by atoms with Gasteiger partial charge in [0, 0.05) is 12.4 Å². The highest BCUT2D eigenvalue weighted by Crippen LogP contribution is 2.55. The lowest BCUT2D eigenvalue weighted by atomic mass is 9.43. The lowest BCUT2D eigenvalue weighted by Crippen LogP contribution is -2.29. The zero-order valence-electron chi connectivity index (χ0n) is 13.4. The van der Waals surface area contributed by atoms with Crippen molar-refractivity contribution in [3.63, 3.8) is 0 Å². The molecule has 0 aromatic carbocycles. The van der Waals surface area contributed by atoms with Crippen molar-refractivity contribution in [3.8, 4) is 0 Å². The second-order valence-electron chi connectivity index (χ2n) is 7.91. The molecule has 1 aromatic rings. The maximum atomic E-state index is 4.69. The summed E-state index contributed by atoms with van der Waals surface area (Å²) in [5.74, 6) is 1.05. The van der Waals surface area contributed by atoms with E-state index in [1.807, 2.05) is 11.8 Å². The first-order valence-electron chi connectivity index (χ1n) is 7.67. The summed E-state index contributed by atoms with van der Waals surface area (Å²) in [5, 5.41) is 0. The smallest absolute Gasteiger partial charge is 0.181 e. The van der Waals surface area contributed by atoms with Crippen LogP contribution in [0.2, 0.25) is 12.6 Å². The molecular weight excluding hydrogens is 263 g/mol. The number of nitrogens with zero attached hydrogens (tertiary/aromatic N) is 2.